The first kappa shape index (κ1) is 28.5. The summed E-state index contributed by atoms with van der Waals surface area (Å²) >= 11 is 0. The fourth-order valence-corrected chi connectivity index (χ4v) is 4.15. The van der Waals surface area contributed by atoms with Gasteiger partial charge >= 0.3 is 12.1 Å². The molecule has 0 unspecified atom stereocenters. The summed E-state index contributed by atoms with van der Waals surface area (Å²) < 4.78 is 49.6. The van der Waals surface area contributed by atoms with Crippen LogP contribution in [0.4, 0.5) is 18.9 Å². The van der Waals surface area contributed by atoms with Gasteiger partial charge in [0.15, 0.2) is 5.78 Å². The van der Waals surface area contributed by atoms with Crippen LogP contribution in [0.3, 0.4) is 0 Å². The number of unbranched alkanes of at least 4 members (excludes halogenated alkanes) is 2. The van der Waals surface area contributed by atoms with Gasteiger partial charge in [-0.1, -0.05) is 6.42 Å². The van der Waals surface area contributed by atoms with Crippen LogP contribution in [0.25, 0.3) is 0 Å². The van der Waals surface area contributed by atoms with Crippen LogP contribution in [0.5, 0.6) is 5.75 Å². The smallest absolute Gasteiger partial charge is 0.416 e. The number of anilines is 1. The number of pyridine rings is 1. The Labute approximate surface area is 216 Å². The van der Waals surface area contributed by atoms with Gasteiger partial charge in [0.1, 0.15) is 23.1 Å². The number of esters is 1. The minimum Gasteiger partial charge on any atom is -0.489 e. The molecule has 0 radical (unpaired) electrons. The lowest BCUT2D eigenvalue weighted by Crippen LogP contribution is -2.38. The molecule has 0 spiro atoms. The third kappa shape index (κ3) is 9.37. The molecule has 0 amide bonds. The highest BCUT2D eigenvalue weighted by Gasteiger charge is 2.30. The van der Waals surface area contributed by atoms with Crippen LogP contribution in [0.1, 0.15) is 81.8 Å². The van der Waals surface area contributed by atoms with Crippen molar-refractivity contribution >= 4 is 17.4 Å². The van der Waals surface area contributed by atoms with E-state index in [9.17, 15) is 22.8 Å². The average Bonchev–Trinajstić information content (AvgIpc) is 2.83. The Morgan fingerprint density at radius 1 is 0.946 bits per heavy atom. The fourth-order valence-electron chi connectivity index (χ4n) is 4.15. The van der Waals surface area contributed by atoms with E-state index < -0.39 is 17.3 Å². The summed E-state index contributed by atoms with van der Waals surface area (Å²) in [5, 5.41) is 0. The van der Waals surface area contributed by atoms with Crippen molar-refractivity contribution in [2.45, 2.75) is 83.6 Å². The fraction of sp³-hybridized carbons (Fsp3) is 0.536. The number of benzene rings is 1. The maximum Gasteiger partial charge on any atom is 0.416 e. The summed E-state index contributed by atoms with van der Waals surface area (Å²) in [7, 11) is 0. The molecular weight excluding hydrogens is 485 g/mol. The van der Waals surface area contributed by atoms with Gasteiger partial charge in [0.25, 0.3) is 0 Å². The molecule has 0 saturated carbocycles. The minimum absolute atomic E-state index is 0.0287. The molecular formula is C28H35F3N2O4. The summed E-state index contributed by atoms with van der Waals surface area (Å²) in [5.74, 6) is 0.317. The highest BCUT2D eigenvalue weighted by atomic mass is 19.4. The Hall–Kier alpha value is -3.10. The highest BCUT2D eigenvalue weighted by molar-refractivity contribution is 5.94. The quantitative estimate of drug-likeness (QED) is 0.199. The standard InChI is InChI=1S/C28H35F3N2O4/c1-27(2,3)37-26(35)8-6-4-5-7-25(34)24-14-13-23(19-32-24)36-22-15-17-33(18-16-22)21-11-9-20(10-12-21)28(29,30)31/h9-14,19,22H,4-8,15-18H2,1-3H3. The molecule has 0 bridgehead atoms. The minimum atomic E-state index is -4.34. The third-order valence-electron chi connectivity index (χ3n) is 6.03. The van der Waals surface area contributed by atoms with E-state index in [0.717, 1.165) is 37.1 Å². The molecule has 1 aliphatic rings. The van der Waals surface area contributed by atoms with E-state index in [-0.39, 0.29) is 17.9 Å². The van der Waals surface area contributed by atoms with Crippen molar-refractivity contribution in [1.29, 1.82) is 0 Å². The molecule has 1 aromatic heterocycles. The normalized spacial score (nSPS) is 14.9. The molecule has 2 heterocycles. The van der Waals surface area contributed by atoms with E-state index in [1.807, 2.05) is 25.7 Å². The highest BCUT2D eigenvalue weighted by Crippen LogP contribution is 2.31. The first-order valence-corrected chi connectivity index (χ1v) is 12.7. The van der Waals surface area contributed by atoms with E-state index in [4.69, 9.17) is 9.47 Å². The predicted octanol–water partition coefficient (Wildman–Crippen LogP) is 6.62. The number of hydrogen-bond acceptors (Lipinski definition) is 6. The molecule has 2 aromatic rings. The second kappa shape index (κ2) is 12.4. The van der Waals surface area contributed by atoms with Gasteiger partial charge in [0, 0.05) is 44.5 Å². The monoisotopic (exact) mass is 520 g/mol. The van der Waals surface area contributed by atoms with Crippen LogP contribution < -0.4 is 9.64 Å². The van der Waals surface area contributed by atoms with Crippen LogP contribution in [0.15, 0.2) is 42.6 Å². The Kier molecular flexibility index (Phi) is 9.56. The number of halogens is 3. The number of nitrogens with zero attached hydrogens (tertiary/aromatic N) is 2. The number of hydrogen-bond donors (Lipinski definition) is 0. The Bertz CT molecular complexity index is 1020. The zero-order chi connectivity index (χ0) is 27.1. The van der Waals surface area contributed by atoms with E-state index >= 15 is 0 Å². The molecule has 1 fully saturated rings. The van der Waals surface area contributed by atoms with E-state index in [0.29, 0.717) is 50.2 Å². The number of Topliss-reactive ketones (excluding diaryl/α,β-unsaturated/α-hetero) is 1. The van der Waals surface area contributed by atoms with Crippen LogP contribution in [0.2, 0.25) is 0 Å². The predicted molar refractivity (Wildman–Crippen MR) is 135 cm³/mol. The number of ether oxygens (including phenoxy) is 2. The number of alkyl halides is 3. The van der Waals surface area contributed by atoms with Gasteiger partial charge in [0.2, 0.25) is 0 Å². The van der Waals surface area contributed by atoms with E-state index in [2.05, 4.69) is 4.98 Å². The van der Waals surface area contributed by atoms with Crippen LogP contribution in [-0.2, 0) is 15.7 Å². The first-order chi connectivity index (χ1) is 17.4. The topological polar surface area (TPSA) is 68.7 Å². The van der Waals surface area contributed by atoms with Crippen molar-refractivity contribution in [3.63, 3.8) is 0 Å². The molecule has 0 N–H and O–H groups in total. The first-order valence-electron chi connectivity index (χ1n) is 12.7. The second-order valence-electron chi connectivity index (χ2n) is 10.3. The summed E-state index contributed by atoms with van der Waals surface area (Å²) in [6, 6.07) is 8.63. The zero-order valence-corrected chi connectivity index (χ0v) is 21.6. The van der Waals surface area contributed by atoms with Crippen LogP contribution in [-0.4, -0.2) is 41.5 Å². The molecule has 1 saturated heterocycles. The Morgan fingerprint density at radius 3 is 2.16 bits per heavy atom. The molecule has 6 nitrogen and oxygen atoms in total. The van der Waals surface area contributed by atoms with Gasteiger partial charge in [-0.2, -0.15) is 13.2 Å². The summed E-state index contributed by atoms with van der Waals surface area (Å²) in [5.41, 5.74) is 0.0148. The van der Waals surface area contributed by atoms with Crippen molar-refractivity contribution < 1.29 is 32.2 Å². The number of carbonyl (C=O) groups is 2. The van der Waals surface area contributed by atoms with Crippen LogP contribution >= 0.6 is 0 Å². The van der Waals surface area contributed by atoms with E-state index in [1.165, 1.54) is 12.1 Å². The molecule has 202 valence electrons. The zero-order valence-electron chi connectivity index (χ0n) is 21.6. The lowest BCUT2D eigenvalue weighted by atomic mass is 10.1. The van der Waals surface area contributed by atoms with E-state index in [1.54, 1.807) is 18.3 Å². The van der Waals surface area contributed by atoms with Gasteiger partial charge in [-0.15, -0.1) is 0 Å². The van der Waals surface area contributed by atoms with Crippen molar-refractivity contribution in [2.24, 2.45) is 0 Å². The largest absolute Gasteiger partial charge is 0.489 e. The summed E-state index contributed by atoms with van der Waals surface area (Å²) in [4.78, 5) is 30.4. The van der Waals surface area contributed by atoms with Crippen molar-refractivity contribution in [3.05, 3.63) is 53.9 Å². The molecule has 37 heavy (non-hydrogen) atoms. The number of piperidine rings is 1. The molecule has 0 atom stereocenters. The van der Waals surface area contributed by atoms with Crippen molar-refractivity contribution in [2.75, 3.05) is 18.0 Å². The Balaban J connectivity index is 1.37. The van der Waals surface area contributed by atoms with Gasteiger partial charge in [-0.3, -0.25) is 9.59 Å². The van der Waals surface area contributed by atoms with Crippen molar-refractivity contribution in [3.8, 4) is 5.75 Å². The molecule has 1 aromatic carbocycles. The lowest BCUT2D eigenvalue weighted by Gasteiger charge is -2.33. The summed E-state index contributed by atoms with van der Waals surface area (Å²) in [6.07, 6.45) is 1.48. The third-order valence-corrected chi connectivity index (χ3v) is 6.03. The molecule has 0 aliphatic carbocycles. The molecule has 9 heteroatoms. The van der Waals surface area contributed by atoms with Gasteiger partial charge in [-0.25, -0.2) is 4.98 Å². The van der Waals surface area contributed by atoms with Crippen molar-refractivity contribution in [1.82, 2.24) is 4.98 Å². The number of carbonyl (C=O) groups excluding carboxylic acids is 2. The number of aromatic nitrogens is 1. The Morgan fingerprint density at radius 2 is 1.59 bits per heavy atom. The SMILES string of the molecule is CC(C)(C)OC(=O)CCCCCC(=O)c1ccc(OC2CCN(c3ccc(C(F)(F)F)cc3)CC2)cn1. The molecule has 3 rings (SSSR count). The van der Waals surface area contributed by atoms with Gasteiger partial charge in [-0.05, 0) is 70.0 Å². The second-order valence-corrected chi connectivity index (χ2v) is 10.3. The summed E-state index contributed by atoms with van der Waals surface area (Å²) in [6.45, 7) is 6.86. The number of rotatable bonds is 10. The van der Waals surface area contributed by atoms with Gasteiger partial charge in [0.05, 0.1) is 11.8 Å². The van der Waals surface area contributed by atoms with Crippen LogP contribution in [0, 0.1) is 0 Å². The van der Waals surface area contributed by atoms with Gasteiger partial charge < -0.3 is 14.4 Å². The maximum absolute atomic E-state index is 12.8. The maximum atomic E-state index is 12.8. The lowest BCUT2D eigenvalue weighted by molar-refractivity contribution is -0.155. The number of ketones is 1. The molecule has 1 aliphatic heterocycles. The average molecular weight is 521 g/mol.